The zero-order valence-electron chi connectivity index (χ0n) is 15.0. The van der Waals surface area contributed by atoms with Crippen LogP contribution in [-0.4, -0.2) is 56.7 Å². The fourth-order valence-corrected chi connectivity index (χ4v) is 3.03. The van der Waals surface area contributed by atoms with Crippen molar-refractivity contribution in [2.75, 3.05) is 26.7 Å². The highest BCUT2D eigenvalue weighted by molar-refractivity contribution is 5.85. The fourth-order valence-electron chi connectivity index (χ4n) is 3.03. The first-order valence-electron chi connectivity index (χ1n) is 8.39. The third-order valence-corrected chi connectivity index (χ3v) is 4.47. The van der Waals surface area contributed by atoms with E-state index in [1.54, 1.807) is 0 Å². The van der Waals surface area contributed by atoms with Crippen molar-refractivity contribution in [3.63, 3.8) is 0 Å². The van der Waals surface area contributed by atoms with Crippen LogP contribution in [0.2, 0.25) is 0 Å². The number of para-hydroxylation sites is 1. The summed E-state index contributed by atoms with van der Waals surface area (Å²) in [7, 11) is 1.86. The maximum absolute atomic E-state index is 14.0. The highest BCUT2D eigenvalue weighted by atomic mass is 35.5. The monoisotopic (exact) mass is 433 g/mol. The number of benzene rings is 1. The maximum Gasteiger partial charge on any atom is 0.435 e. The highest BCUT2D eigenvalue weighted by Gasteiger charge is 2.42. The van der Waals surface area contributed by atoms with Gasteiger partial charge in [0.05, 0.1) is 6.04 Å². The third kappa shape index (κ3) is 3.95. The Morgan fingerprint density at radius 3 is 2.69 bits per heavy atom. The number of likely N-dealkylation sites (N-methyl/N-ethyl adjacent to an activating group) is 1. The molecule has 0 saturated carbocycles. The molecule has 1 aliphatic rings. The van der Waals surface area contributed by atoms with Crippen LogP contribution < -0.4 is 5.32 Å². The van der Waals surface area contributed by atoms with E-state index in [1.165, 1.54) is 18.2 Å². The van der Waals surface area contributed by atoms with Crippen molar-refractivity contribution in [1.82, 2.24) is 35.4 Å². The Morgan fingerprint density at radius 1 is 1.24 bits per heavy atom. The van der Waals surface area contributed by atoms with Crippen LogP contribution in [0.3, 0.4) is 0 Å². The molecular formula is C16H16ClF4N7O. The molecule has 3 aromatic rings. The van der Waals surface area contributed by atoms with Crippen molar-refractivity contribution < 1.29 is 22.1 Å². The molecule has 0 bridgehead atoms. The lowest BCUT2D eigenvalue weighted by molar-refractivity contribution is -0.142. The molecule has 8 nitrogen and oxygen atoms in total. The van der Waals surface area contributed by atoms with Crippen LogP contribution in [0.1, 0.15) is 17.6 Å². The Balaban J connectivity index is 0.00000240. The van der Waals surface area contributed by atoms with Crippen LogP contribution >= 0.6 is 12.4 Å². The number of nitrogens with zero attached hydrogens (tertiary/aromatic N) is 6. The van der Waals surface area contributed by atoms with Gasteiger partial charge in [0.15, 0.2) is 17.2 Å². The third-order valence-electron chi connectivity index (χ3n) is 4.47. The second-order valence-electron chi connectivity index (χ2n) is 6.31. The Bertz CT molecular complexity index is 990. The molecule has 1 saturated heterocycles. The molecule has 13 heteroatoms. The van der Waals surface area contributed by atoms with E-state index in [9.17, 15) is 17.6 Å². The summed E-state index contributed by atoms with van der Waals surface area (Å²) in [5.74, 6) is -1.06. The molecule has 1 fully saturated rings. The summed E-state index contributed by atoms with van der Waals surface area (Å²) in [4.78, 5) is 6.05. The van der Waals surface area contributed by atoms with Gasteiger partial charge in [0, 0.05) is 19.6 Å². The van der Waals surface area contributed by atoms with Crippen LogP contribution in [0.4, 0.5) is 17.6 Å². The Kier molecular flexibility index (Phi) is 5.87. The first-order chi connectivity index (χ1) is 13.4. The van der Waals surface area contributed by atoms with Crippen LogP contribution in [0.5, 0.6) is 0 Å². The molecule has 0 radical (unpaired) electrons. The molecule has 0 amide bonds. The predicted molar refractivity (Wildman–Crippen MR) is 95.1 cm³/mol. The average molecular weight is 434 g/mol. The number of rotatable bonds is 3. The zero-order valence-corrected chi connectivity index (χ0v) is 15.8. The molecule has 1 unspecified atom stereocenters. The van der Waals surface area contributed by atoms with E-state index in [2.05, 4.69) is 25.8 Å². The summed E-state index contributed by atoms with van der Waals surface area (Å²) in [5.41, 5.74) is -2.33. The topological polar surface area (TPSA) is 84.9 Å². The van der Waals surface area contributed by atoms with Crippen molar-refractivity contribution in [2.45, 2.75) is 12.2 Å². The van der Waals surface area contributed by atoms with Crippen molar-refractivity contribution >= 4 is 12.4 Å². The zero-order chi connectivity index (χ0) is 19.9. The van der Waals surface area contributed by atoms with Gasteiger partial charge in [-0.15, -0.1) is 17.5 Å². The van der Waals surface area contributed by atoms with Gasteiger partial charge in [-0.3, -0.25) is 4.90 Å². The van der Waals surface area contributed by atoms with E-state index in [-0.39, 0.29) is 30.0 Å². The van der Waals surface area contributed by atoms with Crippen molar-refractivity contribution in [3.05, 3.63) is 41.6 Å². The second-order valence-corrected chi connectivity index (χ2v) is 6.31. The normalized spacial score (nSPS) is 17.9. The Hall–Kier alpha value is -2.57. The van der Waals surface area contributed by atoms with Crippen LogP contribution in [0, 0.1) is 5.82 Å². The van der Waals surface area contributed by atoms with E-state index in [0.717, 1.165) is 19.2 Å². The summed E-state index contributed by atoms with van der Waals surface area (Å²) < 4.78 is 60.7. The largest absolute Gasteiger partial charge is 0.435 e. The SMILES string of the molecule is CN1CCNCC1c1noc(-c2nnn(-c3ccccc3F)c2C(F)(F)F)n1.Cl. The first-order valence-corrected chi connectivity index (χ1v) is 8.39. The first kappa shape index (κ1) is 21.1. The number of hydrogen-bond donors (Lipinski definition) is 1. The van der Waals surface area contributed by atoms with E-state index >= 15 is 0 Å². The quantitative estimate of drug-likeness (QED) is 0.635. The molecule has 0 spiro atoms. The second kappa shape index (κ2) is 8.05. The molecule has 156 valence electrons. The van der Waals surface area contributed by atoms with Gasteiger partial charge in [0.1, 0.15) is 11.5 Å². The summed E-state index contributed by atoms with van der Waals surface area (Å²) in [6.45, 7) is 2.04. The van der Waals surface area contributed by atoms with Gasteiger partial charge in [-0.2, -0.15) is 18.2 Å². The molecule has 1 N–H and O–H groups in total. The van der Waals surface area contributed by atoms with Gasteiger partial charge < -0.3 is 9.84 Å². The van der Waals surface area contributed by atoms with Gasteiger partial charge in [0.25, 0.3) is 5.89 Å². The van der Waals surface area contributed by atoms with Crippen LogP contribution in [0.25, 0.3) is 17.3 Å². The highest BCUT2D eigenvalue weighted by Crippen LogP contribution is 2.37. The van der Waals surface area contributed by atoms with Gasteiger partial charge in [-0.1, -0.05) is 22.5 Å². The van der Waals surface area contributed by atoms with Gasteiger partial charge >= 0.3 is 6.18 Å². The maximum atomic E-state index is 14.0. The van der Waals surface area contributed by atoms with Crippen molar-refractivity contribution in [1.29, 1.82) is 0 Å². The van der Waals surface area contributed by atoms with Crippen LogP contribution in [-0.2, 0) is 6.18 Å². The molecular weight excluding hydrogens is 418 g/mol. The summed E-state index contributed by atoms with van der Waals surface area (Å²) in [5, 5.41) is 14.0. The number of halogens is 5. The summed E-state index contributed by atoms with van der Waals surface area (Å²) in [6, 6.07) is 4.72. The molecule has 1 atom stereocenters. The minimum Gasteiger partial charge on any atom is -0.332 e. The smallest absolute Gasteiger partial charge is 0.332 e. The van der Waals surface area contributed by atoms with Crippen molar-refractivity contribution in [2.24, 2.45) is 0 Å². The molecule has 4 rings (SSSR count). The number of alkyl halides is 3. The van der Waals surface area contributed by atoms with E-state index in [4.69, 9.17) is 4.52 Å². The minimum atomic E-state index is -4.88. The Labute approximate surface area is 168 Å². The lowest BCUT2D eigenvalue weighted by Gasteiger charge is -2.30. The molecule has 3 heterocycles. The van der Waals surface area contributed by atoms with E-state index in [0.29, 0.717) is 11.2 Å². The van der Waals surface area contributed by atoms with Gasteiger partial charge in [-0.25, -0.2) is 9.07 Å². The molecule has 2 aromatic heterocycles. The Morgan fingerprint density at radius 2 is 2.00 bits per heavy atom. The minimum absolute atomic E-state index is 0. The molecule has 0 aliphatic carbocycles. The molecule has 1 aliphatic heterocycles. The summed E-state index contributed by atoms with van der Waals surface area (Å²) in [6.07, 6.45) is -4.88. The number of piperazine rings is 1. The average Bonchev–Trinajstić information content (AvgIpc) is 3.29. The molecule has 1 aromatic carbocycles. The lowest BCUT2D eigenvalue weighted by atomic mass is 10.2. The van der Waals surface area contributed by atoms with Crippen molar-refractivity contribution in [3.8, 4) is 17.3 Å². The van der Waals surface area contributed by atoms with Crippen LogP contribution in [0.15, 0.2) is 28.8 Å². The number of nitrogens with one attached hydrogen (secondary N) is 1. The fraction of sp³-hybridized carbons (Fsp3) is 0.375. The number of aromatic nitrogens is 5. The summed E-state index contributed by atoms with van der Waals surface area (Å²) >= 11 is 0. The predicted octanol–water partition coefficient (Wildman–Crippen LogP) is 2.47. The standard InChI is InChI=1S/C16H15F4N7O.ClH/c1-26-7-6-21-8-11(26)14-22-15(28-24-14)12-13(16(18,19)20)27(25-23-12)10-5-3-2-4-9(10)17;/h2-5,11,21H,6-8H2,1H3;1H. The van der Waals surface area contributed by atoms with Gasteiger partial charge in [-0.05, 0) is 19.2 Å². The molecule has 29 heavy (non-hydrogen) atoms. The van der Waals surface area contributed by atoms with Gasteiger partial charge in [0.2, 0.25) is 0 Å². The number of hydrogen-bond acceptors (Lipinski definition) is 7. The lowest BCUT2D eigenvalue weighted by Crippen LogP contribution is -2.44. The van der Waals surface area contributed by atoms with E-state index in [1.807, 2.05) is 11.9 Å². The van der Waals surface area contributed by atoms with E-state index < -0.39 is 29.3 Å².